The molecule has 0 aliphatic carbocycles. The first-order valence-corrected chi connectivity index (χ1v) is 7.12. The zero-order valence-electron chi connectivity index (χ0n) is 12.8. The van der Waals surface area contributed by atoms with E-state index in [1.165, 1.54) is 0 Å². The fourth-order valence-electron chi connectivity index (χ4n) is 1.99. The Kier molecular flexibility index (Phi) is 4.79. The van der Waals surface area contributed by atoms with Gasteiger partial charge in [-0.3, -0.25) is 0 Å². The van der Waals surface area contributed by atoms with E-state index in [9.17, 15) is 0 Å². The molecule has 2 rings (SSSR count). The van der Waals surface area contributed by atoms with Crippen LogP contribution in [-0.2, 0) is 6.54 Å². The Morgan fingerprint density at radius 1 is 1.25 bits per heavy atom. The van der Waals surface area contributed by atoms with E-state index in [0.29, 0.717) is 6.04 Å². The van der Waals surface area contributed by atoms with Crippen LogP contribution in [0, 0.1) is 6.92 Å². The largest absolute Gasteiger partial charge is 0.326 e. The number of hydrogen-bond acceptors (Lipinski definition) is 3. The number of likely N-dealkylation sites (N-methyl/N-ethyl adjacent to an activating group) is 1. The van der Waals surface area contributed by atoms with Gasteiger partial charge in [-0.15, -0.1) is 0 Å². The van der Waals surface area contributed by atoms with Crippen molar-refractivity contribution in [2.24, 2.45) is 0 Å². The molecule has 0 saturated heterocycles. The lowest BCUT2D eigenvalue weighted by Crippen LogP contribution is -2.29. The molecule has 0 aliphatic rings. The van der Waals surface area contributed by atoms with Gasteiger partial charge in [0.2, 0.25) is 5.95 Å². The number of rotatable bonds is 6. The first-order valence-electron chi connectivity index (χ1n) is 7.12. The number of benzene rings is 1. The van der Waals surface area contributed by atoms with Crippen LogP contribution in [0.3, 0.4) is 0 Å². The number of aromatic nitrogens is 2. The van der Waals surface area contributed by atoms with Gasteiger partial charge in [0.15, 0.2) is 0 Å². The van der Waals surface area contributed by atoms with Crippen molar-refractivity contribution >= 4 is 11.6 Å². The Morgan fingerprint density at radius 2 is 1.95 bits per heavy atom. The van der Waals surface area contributed by atoms with E-state index >= 15 is 0 Å². The van der Waals surface area contributed by atoms with Gasteiger partial charge in [-0.1, -0.05) is 18.2 Å². The topological polar surface area (TPSA) is 33.1 Å². The normalized spacial score (nSPS) is 11.3. The second-order valence-electron chi connectivity index (χ2n) is 5.46. The maximum atomic E-state index is 4.56. The summed E-state index contributed by atoms with van der Waals surface area (Å²) in [4.78, 5) is 6.90. The zero-order valence-corrected chi connectivity index (χ0v) is 12.8. The van der Waals surface area contributed by atoms with Crippen molar-refractivity contribution in [2.75, 3.05) is 18.9 Å². The smallest absolute Gasteiger partial charge is 0.207 e. The minimum atomic E-state index is 0.560. The van der Waals surface area contributed by atoms with Gasteiger partial charge in [0.05, 0.1) is 5.69 Å². The summed E-state index contributed by atoms with van der Waals surface area (Å²) in [5, 5.41) is 3.38. The molecule has 0 atom stereocenters. The molecule has 0 aliphatic heterocycles. The maximum absolute atomic E-state index is 4.56. The summed E-state index contributed by atoms with van der Waals surface area (Å²) in [6.45, 7) is 8.39. The van der Waals surface area contributed by atoms with Crippen LogP contribution in [0.2, 0.25) is 0 Å². The second-order valence-corrected chi connectivity index (χ2v) is 5.46. The molecule has 0 unspecified atom stereocenters. The molecule has 1 heterocycles. The number of nitrogens with zero attached hydrogens (tertiary/aromatic N) is 3. The highest BCUT2D eigenvalue weighted by atomic mass is 15.2. The van der Waals surface area contributed by atoms with E-state index < -0.39 is 0 Å². The average Bonchev–Trinajstić information content (AvgIpc) is 2.77. The lowest BCUT2D eigenvalue weighted by Gasteiger charge is -2.21. The third-order valence-corrected chi connectivity index (χ3v) is 3.50. The minimum absolute atomic E-state index is 0.560. The van der Waals surface area contributed by atoms with E-state index in [0.717, 1.165) is 30.4 Å². The van der Waals surface area contributed by atoms with Crippen LogP contribution >= 0.6 is 0 Å². The molecule has 1 aromatic carbocycles. The molecule has 0 bridgehead atoms. The van der Waals surface area contributed by atoms with Crippen molar-refractivity contribution < 1.29 is 0 Å². The van der Waals surface area contributed by atoms with Gasteiger partial charge in [-0.25, -0.2) is 4.98 Å². The molecule has 0 radical (unpaired) electrons. The molecular formula is C16H24N4. The van der Waals surface area contributed by atoms with Gasteiger partial charge in [0, 0.05) is 31.0 Å². The van der Waals surface area contributed by atoms with E-state index in [-0.39, 0.29) is 0 Å². The first kappa shape index (κ1) is 14.6. The molecule has 1 aromatic heterocycles. The van der Waals surface area contributed by atoms with Crippen molar-refractivity contribution in [3.05, 3.63) is 42.2 Å². The van der Waals surface area contributed by atoms with Crippen LogP contribution in [0.5, 0.6) is 0 Å². The van der Waals surface area contributed by atoms with Gasteiger partial charge in [-0.05, 0) is 40.0 Å². The molecule has 0 saturated carbocycles. The molecule has 20 heavy (non-hydrogen) atoms. The van der Waals surface area contributed by atoms with E-state index in [4.69, 9.17) is 0 Å². The molecule has 2 aromatic rings. The quantitative estimate of drug-likeness (QED) is 0.876. The standard InChI is InChI=1S/C16H24N4/c1-13(2)19(4)10-11-20-12-14(3)17-16(20)18-15-8-6-5-7-9-15/h5-9,12-13H,10-11H2,1-4H3,(H,17,18). The number of anilines is 2. The first-order chi connectivity index (χ1) is 9.56. The van der Waals surface area contributed by atoms with Crippen LogP contribution in [0.1, 0.15) is 19.5 Å². The van der Waals surface area contributed by atoms with Crippen LogP contribution in [0.4, 0.5) is 11.6 Å². The third-order valence-electron chi connectivity index (χ3n) is 3.50. The molecule has 0 amide bonds. The van der Waals surface area contributed by atoms with Crippen molar-refractivity contribution in [2.45, 2.75) is 33.4 Å². The van der Waals surface area contributed by atoms with Crippen molar-refractivity contribution in [3.63, 3.8) is 0 Å². The van der Waals surface area contributed by atoms with Crippen molar-refractivity contribution in [1.29, 1.82) is 0 Å². The molecule has 108 valence electrons. The SMILES string of the molecule is Cc1cn(CCN(C)C(C)C)c(Nc2ccccc2)n1. The number of aryl methyl sites for hydroxylation is 1. The van der Waals surface area contributed by atoms with Gasteiger partial charge in [0.25, 0.3) is 0 Å². The van der Waals surface area contributed by atoms with Crippen LogP contribution in [0.15, 0.2) is 36.5 Å². The third kappa shape index (κ3) is 3.84. The lowest BCUT2D eigenvalue weighted by molar-refractivity contribution is 0.263. The monoisotopic (exact) mass is 272 g/mol. The van der Waals surface area contributed by atoms with Crippen molar-refractivity contribution in [1.82, 2.24) is 14.5 Å². The predicted molar refractivity (Wildman–Crippen MR) is 84.5 cm³/mol. The fraction of sp³-hybridized carbons (Fsp3) is 0.438. The summed E-state index contributed by atoms with van der Waals surface area (Å²) >= 11 is 0. The Labute approximate surface area is 121 Å². The van der Waals surface area contributed by atoms with Crippen LogP contribution in [0.25, 0.3) is 0 Å². The maximum Gasteiger partial charge on any atom is 0.207 e. The van der Waals surface area contributed by atoms with Gasteiger partial charge in [0.1, 0.15) is 0 Å². The summed E-state index contributed by atoms with van der Waals surface area (Å²) in [5.74, 6) is 0.908. The minimum Gasteiger partial charge on any atom is -0.326 e. The summed E-state index contributed by atoms with van der Waals surface area (Å²) in [6, 6.07) is 10.7. The zero-order chi connectivity index (χ0) is 14.5. The highest BCUT2D eigenvalue weighted by molar-refractivity contribution is 5.53. The number of nitrogens with one attached hydrogen (secondary N) is 1. The number of imidazole rings is 1. The fourth-order valence-corrected chi connectivity index (χ4v) is 1.99. The molecule has 0 fully saturated rings. The Hall–Kier alpha value is -1.81. The molecule has 0 spiro atoms. The lowest BCUT2D eigenvalue weighted by atomic mass is 10.3. The summed E-state index contributed by atoms with van der Waals surface area (Å²) in [6.07, 6.45) is 2.10. The molecule has 1 N–H and O–H groups in total. The summed E-state index contributed by atoms with van der Waals surface area (Å²) in [5.41, 5.74) is 2.10. The highest BCUT2D eigenvalue weighted by Crippen LogP contribution is 2.16. The van der Waals surface area contributed by atoms with E-state index in [1.54, 1.807) is 0 Å². The Balaban J connectivity index is 2.06. The molecule has 4 nitrogen and oxygen atoms in total. The predicted octanol–water partition coefficient (Wildman–Crippen LogP) is 3.28. The second kappa shape index (κ2) is 6.57. The van der Waals surface area contributed by atoms with E-state index in [1.807, 2.05) is 25.1 Å². The van der Waals surface area contributed by atoms with Gasteiger partial charge < -0.3 is 14.8 Å². The van der Waals surface area contributed by atoms with Gasteiger partial charge in [-0.2, -0.15) is 0 Å². The number of para-hydroxylation sites is 1. The molecular weight excluding hydrogens is 248 g/mol. The highest BCUT2D eigenvalue weighted by Gasteiger charge is 2.08. The van der Waals surface area contributed by atoms with Gasteiger partial charge >= 0.3 is 0 Å². The Morgan fingerprint density at radius 3 is 2.60 bits per heavy atom. The van der Waals surface area contributed by atoms with Crippen LogP contribution in [-0.4, -0.2) is 34.1 Å². The number of hydrogen-bond donors (Lipinski definition) is 1. The van der Waals surface area contributed by atoms with Crippen molar-refractivity contribution in [3.8, 4) is 0 Å². The Bertz CT molecular complexity index is 531. The summed E-state index contributed by atoms with van der Waals surface area (Å²) in [7, 11) is 2.15. The van der Waals surface area contributed by atoms with E-state index in [2.05, 4.69) is 59.0 Å². The summed E-state index contributed by atoms with van der Waals surface area (Å²) < 4.78 is 2.18. The van der Waals surface area contributed by atoms with Crippen LogP contribution < -0.4 is 5.32 Å². The molecule has 4 heteroatoms. The average molecular weight is 272 g/mol.